The zero-order chi connectivity index (χ0) is 15.9. The Balaban J connectivity index is 1.79. The van der Waals surface area contributed by atoms with Crippen LogP contribution >= 0.6 is 22.9 Å². The van der Waals surface area contributed by atoms with Crippen molar-refractivity contribution in [2.45, 2.75) is 31.5 Å². The van der Waals surface area contributed by atoms with Gasteiger partial charge in [-0.2, -0.15) is 13.5 Å². The molecular formula is C9H12IN5O6S. The Morgan fingerprint density at radius 2 is 2.23 bits per heavy atom. The third-order valence-corrected chi connectivity index (χ3v) is 4.21. The van der Waals surface area contributed by atoms with Crippen molar-refractivity contribution in [1.29, 1.82) is 0 Å². The molecule has 2 atom stereocenters. The summed E-state index contributed by atoms with van der Waals surface area (Å²) in [6.07, 6.45) is 1.02. The fourth-order valence-corrected chi connectivity index (χ4v) is 3.33. The first-order valence-electron chi connectivity index (χ1n) is 6.31. The number of amides is 2. The molecule has 2 aliphatic heterocycles. The fraction of sp³-hybridized carbons (Fsp3) is 0.667. The molecule has 122 valence electrons. The molecule has 0 radical (unpaired) electrons. The van der Waals surface area contributed by atoms with Gasteiger partial charge in [0.25, 0.3) is 0 Å². The average Bonchev–Trinajstić information content (AvgIpc) is 2.99. The topological polar surface area (TPSA) is 138 Å². The molecule has 2 aliphatic rings. The summed E-state index contributed by atoms with van der Waals surface area (Å²) in [6.45, 7) is 0.663. The van der Waals surface area contributed by atoms with E-state index in [9.17, 15) is 13.2 Å². The Morgan fingerprint density at radius 3 is 2.91 bits per heavy atom. The van der Waals surface area contributed by atoms with Gasteiger partial charge < -0.3 is 9.32 Å². The summed E-state index contributed by atoms with van der Waals surface area (Å²) in [5, 5.41) is 8.47. The third kappa shape index (κ3) is 3.03. The summed E-state index contributed by atoms with van der Waals surface area (Å²) >= 11 is 1.95. The van der Waals surface area contributed by atoms with Crippen LogP contribution in [0, 0.1) is 0 Å². The van der Waals surface area contributed by atoms with Crippen LogP contribution in [0.2, 0.25) is 0 Å². The predicted octanol–water partition coefficient (Wildman–Crippen LogP) is 0.185. The molecule has 22 heavy (non-hydrogen) atoms. The number of nitrogens with one attached hydrogen (secondary N) is 1. The molecule has 2 bridgehead atoms. The van der Waals surface area contributed by atoms with Crippen molar-refractivity contribution in [3.8, 4) is 0 Å². The Hall–Kier alpha value is -1.03. The standard InChI is InChI=1S/C9H12IN5O6S/c10-11-3-7-12-13-8(20-7)6-2-1-5-4-14(6)9(16)15(5)21-22(17,18)19/h5-6,11H,1-4H2,(H,17,18,19)/t5-,6+/m1/s1. The largest absolute Gasteiger partial charge is 0.422 e. The highest BCUT2D eigenvalue weighted by Crippen LogP contribution is 2.38. The maximum Gasteiger partial charge on any atom is 0.418 e. The van der Waals surface area contributed by atoms with Crippen LogP contribution < -0.4 is 3.53 Å². The number of carbonyl (C=O) groups excluding carboxylic acids is 1. The van der Waals surface area contributed by atoms with Gasteiger partial charge in [-0.15, -0.1) is 14.5 Å². The minimum atomic E-state index is -4.75. The Morgan fingerprint density at radius 1 is 1.45 bits per heavy atom. The van der Waals surface area contributed by atoms with Gasteiger partial charge in [0, 0.05) is 29.4 Å². The Kier molecular flexibility index (Phi) is 4.23. The zero-order valence-electron chi connectivity index (χ0n) is 11.0. The average molecular weight is 445 g/mol. The second-order valence-corrected chi connectivity index (χ2v) is 6.62. The summed E-state index contributed by atoms with van der Waals surface area (Å²) in [4.78, 5) is 13.6. The maximum absolute atomic E-state index is 12.2. The van der Waals surface area contributed by atoms with Crippen LogP contribution in [-0.4, -0.2) is 51.7 Å². The monoisotopic (exact) mass is 445 g/mol. The second kappa shape index (κ2) is 5.88. The number of urea groups is 1. The molecule has 3 heterocycles. The summed E-state index contributed by atoms with van der Waals surface area (Å²) < 4.78 is 43.1. The molecule has 0 aromatic carbocycles. The number of hydrogen-bond donors (Lipinski definition) is 2. The summed E-state index contributed by atoms with van der Waals surface area (Å²) in [5.41, 5.74) is 0. The van der Waals surface area contributed by atoms with E-state index in [1.54, 1.807) is 0 Å². The van der Waals surface area contributed by atoms with Crippen LogP contribution in [0.4, 0.5) is 4.79 Å². The van der Waals surface area contributed by atoms with Crippen LogP contribution in [0.5, 0.6) is 0 Å². The van der Waals surface area contributed by atoms with Crippen molar-refractivity contribution < 1.29 is 26.5 Å². The number of hydroxylamine groups is 2. The molecule has 2 saturated heterocycles. The van der Waals surface area contributed by atoms with Gasteiger partial charge in [0.15, 0.2) is 0 Å². The molecule has 1 aromatic rings. The lowest BCUT2D eigenvalue weighted by molar-refractivity contribution is -0.0317. The van der Waals surface area contributed by atoms with Gasteiger partial charge in [-0.05, 0) is 12.8 Å². The first-order chi connectivity index (χ1) is 10.4. The number of halogens is 1. The van der Waals surface area contributed by atoms with Crippen molar-refractivity contribution in [2.75, 3.05) is 6.54 Å². The maximum atomic E-state index is 12.2. The van der Waals surface area contributed by atoms with Gasteiger partial charge in [0.2, 0.25) is 11.8 Å². The lowest BCUT2D eigenvalue weighted by atomic mass is 10.0. The number of piperidine rings is 1. The van der Waals surface area contributed by atoms with Gasteiger partial charge in [-0.25, -0.2) is 4.79 Å². The van der Waals surface area contributed by atoms with Crippen molar-refractivity contribution in [3.63, 3.8) is 0 Å². The summed E-state index contributed by atoms with van der Waals surface area (Å²) in [7, 11) is -4.75. The molecule has 0 saturated carbocycles. The van der Waals surface area contributed by atoms with Gasteiger partial charge >= 0.3 is 16.4 Å². The second-order valence-electron chi connectivity index (χ2n) is 4.85. The van der Waals surface area contributed by atoms with Crippen LogP contribution in [0.1, 0.15) is 30.7 Å². The predicted molar refractivity (Wildman–Crippen MR) is 77.5 cm³/mol. The lowest BCUT2D eigenvalue weighted by Crippen LogP contribution is -2.35. The van der Waals surface area contributed by atoms with Gasteiger partial charge in [0.1, 0.15) is 6.04 Å². The van der Waals surface area contributed by atoms with Crippen LogP contribution in [0.3, 0.4) is 0 Å². The summed E-state index contributed by atoms with van der Waals surface area (Å²) in [6, 6.07) is -1.53. The van der Waals surface area contributed by atoms with E-state index < -0.39 is 28.5 Å². The van der Waals surface area contributed by atoms with E-state index in [0.29, 0.717) is 36.2 Å². The first-order valence-corrected chi connectivity index (χ1v) is 8.76. The van der Waals surface area contributed by atoms with E-state index in [4.69, 9.17) is 8.97 Å². The number of carbonyl (C=O) groups is 1. The Labute approximate surface area is 139 Å². The molecule has 2 N–H and O–H groups in total. The normalized spacial score (nSPS) is 25.1. The first kappa shape index (κ1) is 15.9. The van der Waals surface area contributed by atoms with E-state index in [1.165, 1.54) is 4.90 Å². The van der Waals surface area contributed by atoms with Crippen LogP contribution in [-0.2, 0) is 21.2 Å². The molecule has 0 unspecified atom stereocenters. The van der Waals surface area contributed by atoms with E-state index in [2.05, 4.69) is 18.0 Å². The minimum Gasteiger partial charge on any atom is -0.422 e. The van der Waals surface area contributed by atoms with E-state index in [0.717, 1.165) is 0 Å². The number of nitrogens with zero attached hydrogens (tertiary/aromatic N) is 4. The summed E-state index contributed by atoms with van der Waals surface area (Å²) in [5.74, 6) is 0.686. The van der Waals surface area contributed by atoms with Gasteiger partial charge in [0.05, 0.1) is 12.6 Å². The number of aromatic nitrogens is 2. The van der Waals surface area contributed by atoms with E-state index >= 15 is 0 Å². The third-order valence-electron chi connectivity index (χ3n) is 3.48. The lowest BCUT2D eigenvalue weighted by Gasteiger charge is -2.27. The Bertz CT molecular complexity index is 680. The van der Waals surface area contributed by atoms with Crippen molar-refractivity contribution >= 4 is 39.3 Å². The van der Waals surface area contributed by atoms with Crippen molar-refractivity contribution in [1.82, 2.24) is 23.7 Å². The smallest absolute Gasteiger partial charge is 0.418 e. The van der Waals surface area contributed by atoms with E-state index in [1.807, 2.05) is 22.9 Å². The SMILES string of the molecule is O=C1N2C[C@@H](CC[C@H]2c2nnc(CNI)o2)N1OS(=O)(=O)O. The highest BCUT2D eigenvalue weighted by Gasteiger charge is 2.49. The zero-order valence-corrected chi connectivity index (χ0v) is 14.0. The molecule has 11 nitrogen and oxygen atoms in total. The minimum absolute atomic E-state index is 0.265. The molecule has 13 heteroatoms. The number of rotatable bonds is 5. The highest BCUT2D eigenvalue weighted by atomic mass is 127. The quantitative estimate of drug-likeness (QED) is 0.369. The van der Waals surface area contributed by atoms with Gasteiger partial charge in [-0.3, -0.25) is 8.08 Å². The van der Waals surface area contributed by atoms with Crippen molar-refractivity contribution in [2.24, 2.45) is 0 Å². The molecule has 2 fully saturated rings. The molecule has 0 aliphatic carbocycles. The number of fused-ring (bicyclic) bond motifs is 2. The molecule has 0 spiro atoms. The highest BCUT2D eigenvalue weighted by molar-refractivity contribution is 14.1. The van der Waals surface area contributed by atoms with Crippen LogP contribution in [0.25, 0.3) is 0 Å². The van der Waals surface area contributed by atoms with Crippen LogP contribution in [0.15, 0.2) is 4.42 Å². The molecular weight excluding hydrogens is 433 g/mol. The number of hydrogen-bond acceptors (Lipinski definition) is 8. The molecule has 3 rings (SSSR count). The van der Waals surface area contributed by atoms with E-state index in [-0.39, 0.29) is 6.54 Å². The molecule has 1 aromatic heterocycles. The molecule has 2 amide bonds. The van der Waals surface area contributed by atoms with Crippen molar-refractivity contribution in [3.05, 3.63) is 11.8 Å². The fourth-order valence-electron chi connectivity index (χ4n) is 2.62. The van der Waals surface area contributed by atoms with Gasteiger partial charge in [-0.1, -0.05) is 0 Å².